The fourth-order valence-corrected chi connectivity index (χ4v) is 4.33. The van der Waals surface area contributed by atoms with E-state index in [2.05, 4.69) is 0 Å². The molecule has 0 unspecified atom stereocenters. The maximum atomic E-state index is 13.2. The van der Waals surface area contributed by atoms with Crippen molar-refractivity contribution >= 4 is 7.60 Å². The van der Waals surface area contributed by atoms with Gasteiger partial charge in [-0.1, -0.05) is 60.7 Å². The van der Waals surface area contributed by atoms with Gasteiger partial charge in [-0.05, 0) is 25.0 Å². The number of benzene rings is 2. The molecular formula is C19H25O5P. The molecule has 0 saturated heterocycles. The monoisotopic (exact) mass is 364 g/mol. The second-order valence-corrected chi connectivity index (χ2v) is 7.52. The third-order valence-electron chi connectivity index (χ3n) is 3.60. The molecule has 0 radical (unpaired) electrons. The Balaban J connectivity index is 2.27. The summed E-state index contributed by atoms with van der Waals surface area (Å²) < 4.78 is 29.9. The largest absolute Gasteiger partial charge is 0.385 e. The Labute approximate surface area is 149 Å². The second-order valence-electron chi connectivity index (χ2n) is 5.42. The van der Waals surface area contributed by atoms with Gasteiger partial charge in [0.25, 0.3) is 0 Å². The molecule has 2 aromatic carbocycles. The van der Waals surface area contributed by atoms with Crippen LogP contribution in [0.5, 0.6) is 0 Å². The average Bonchev–Trinajstić information content (AvgIpc) is 2.63. The van der Waals surface area contributed by atoms with Crippen molar-refractivity contribution < 1.29 is 23.5 Å². The number of hydrogen-bond acceptors (Lipinski definition) is 5. The molecule has 0 fully saturated rings. The Kier molecular flexibility index (Phi) is 7.82. The lowest BCUT2D eigenvalue weighted by atomic mass is 10.1. The van der Waals surface area contributed by atoms with Gasteiger partial charge in [-0.25, -0.2) is 0 Å². The van der Waals surface area contributed by atoms with Crippen LogP contribution in [0, 0.1) is 0 Å². The summed E-state index contributed by atoms with van der Waals surface area (Å²) in [6.07, 6.45) is -1.13. The number of rotatable bonds is 10. The minimum Gasteiger partial charge on any atom is -0.385 e. The van der Waals surface area contributed by atoms with E-state index in [0.717, 1.165) is 5.56 Å². The normalized spacial score (nSPS) is 14.2. The first-order valence-electron chi connectivity index (χ1n) is 8.38. The molecule has 1 N–H and O–H groups in total. The Morgan fingerprint density at radius 2 is 1.44 bits per heavy atom. The van der Waals surface area contributed by atoms with Crippen LogP contribution in [0.2, 0.25) is 0 Å². The number of hydrogen-bond donors (Lipinski definition) is 1. The summed E-state index contributed by atoms with van der Waals surface area (Å²) in [6.45, 7) is 4.05. The number of aliphatic hydroxyl groups excluding tert-OH is 1. The quantitative estimate of drug-likeness (QED) is 0.628. The zero-order chi connectivity index (χ0) is 18.1. The maximum Gasteiger partial charge on any atom is 0.362 e. The van der Waals surface area contributed by atoms with Gasteiger partial charge in [-0.15, -0.1) is 0 Å². The average molecular weight is 364 g/mol. The van der Waals surface area contributed by atoms with Crippen LogP contribution in [0.15, 0.2) is 60.7 Å². The standard InChI is InChI=1S/C19H25O5P/c1-3-23-25(21,24-4-2)19(18(20)17-13-9-6-10-14-17)22-15-16-11-7-5-8-12-16/h5-14,18-20H,3-4,15H2,1-2H3/t18-,19-/m1/s1. The minimum atomic E-state index is -3.66. The van der Waals surface area contributed by atoms with Gasteiger partial charge >= 0.3 is 7.60 Å². The molecule has 0 aliphatic carbocycles. The molecule has 0 heterocycles. The molecule has 0 aliphatic heterocycles. The molecule has 5 nitrogen and oxygen atoms in total. The van der Waals surface area contributed by atoms with Crippen LogP contribution < -0.4 is 0 Å². The summed E-state index contributed by atoms with van der Waals surface area (Å²) in [5, 5.41) is 10.8. The lowest BCUT2D eigenvalue weighted by molar-refractivity contribution is -0.0204. The van der Waals surface area contributed by atoms with Crippen molar-refractivity contribution in [3.63, 3.8) is 0 Å². The van der Waals surface area contributed by atoms with Crippen molar-refractivity contribution in [3.05, 3.63) is 71.8 Å². The molecule has 2 atom stereocenters. The Morgan fingerprint density at radius 1 is 0.920 bits per heavy atom. The van der Waals surface area contributed by atoms with Crippen molar-refractivity contribution in [2.75, 3.05) is 13.2 Å². The predicted molar refractivity (Wildman–Crippen MR) is 97.3 cm³/mol. The summed E-state index contributed by atoms with van der Waals surface area (Å²) in [6, 6.07) is 18.5. The fraction of sp³-hybridized carbons (Fsp3) is 0.368. The minimum absolute atomic E-state index is 0.194. The van der Waals surface area contributed by atoms with Crippen LogP contribution in [0.3, 0.4) is 0 Å². The molecule has 2 aromatic rings. The third kappa shape index (κ3) is 5.50. The highest BCUT2D eigenvalue weighted by atomic mass is 31.2. The summed E-state index contributed by atoms with van der Waals surface area (Å²) in [7, 11) is -3.66. The van der Waals surface area contributed by atoms with Gasteiger partial charge in [0.2, 0.25) is 0 Å². The summed E-state index contributed by atoms with van der Waals surface area (Å²) in [5.74, 6) is -1.12. The molecule has 0 saturated carbocycles. The molecule has 0 spiro atoms. The van der Waals surface area contributed by atoms with E-state index in [1.165, 1.54) is 0 Å². The highest BCUT2D eigenvalue weighted by Gasteiger charge is 2.42. The van der Waals surface area contributed by atoms with Crippen molar-refractivity contribution in [2.45, 2.75) is 32.4 Å². The summed E-state index contributed by atoms with van der Waals surface area (Å²) >= 11 is 0. The molecular weight excluding hydrogens is 339 g/mol. The van der Waals surface area contributed by atoms with Crippen LogP contribution in [0.1, 0.15) is 31.1 Å². The molecule has 0 aromatic heterocycles. The van der Waals surface area contributed by atoms with Gasteiger partial charge < -0.3 is 18.9 Å². The highest BCUT2D eigenvalue weighted by Crippen LogP contribution is 2.57. The summed E-state index contributed by atoms with van der Waals surface area (Å²) in [5.41, 5.74) is 1.51. The van der Waals surface area contributed by atoms with E-state index in [1.54, 1.807) is 38.1 Å². The first-order valence-corrected chi connectivity index (χ1v) is 9.99. The molecule has 25 heavy (non-hydrogen) atoms. The van der Waals surface area contributed by atoms with Gasteiger partial charge in [0.05, 0.1) is 19.8 Å². The van der Waals surface area contributed by atoms with Crippen LogP contribution >= 0.6 is 7.60 Å². The van der Waals surface area contributed by atoms with Crippen LogP contribution in [-0.2, 0) is 25.0 Å². The predicted octanol–water partition coefficient (Wildman–Crippen LogP) is 4.53. The molecule has 0 aliphatic rings. The van der Waals surface area contributed by atoms with Gasteiger partial charge in [0, 0.05) is 0 Å². The van der Waals surface area contributed by atoms with Gasteiger partial charge in [0.1, 0.15) is 6.10 Å². The Bertz CT molecular complexity index is 652. The zero-order valence-electron chi connectivity index (χ0n) is 14.6. The lowest BCUT2D eigenvalue weighted by Crippen LogP contribution is -2.25. The molecule has 136 valence electrons. The molecule has 0 amide bonds. The topological polar surface area (TPSA) is 65.0 Å². The third-order valence-corrected chi connectivity index (χ3v) is 5.90. The van der Waals surface area contributed by atoms with E-state index in [1.807, 2.05) is 36.4 Å². The smallest absolute Gasteiger partial charge is 0.362 e. The lowest BCUT2D eigenvalue weighted by Gasteiger charge is -2.30. The first-order chi connectivity index (χ1) is 12.1. The van der Waals surface area contributed by atoms with Crippen molar-refractivity contribution in [3.8, 4) is 0 Å². The molecule has 2 rings (SSSR count). The van der Waals surface area contributed by atoms with Gasteiger partial charge in [0.15, 0.2) is 5.85 Å². The number of ether oxygens (including phenoxy) is 1. The van der Waals surface area contributed by atoms with E-state index in [0.29, 0.717) is 5.56 Å². The second kappa shape index (κ2) is 9.85. The van der Waals surface area contributed by atoms with Crippen LogP contribution in [0.25, 0.3) is 0 Å². The van der Waals surface area contributed by atoms with Gasteiger partial charge in [-0.3, -0.25) is 4.57 Å². The van der Waals surface area contributed by atoms with Gasteiger partial charge in [-0.2, -0.15) is 0 Å². The Morgan fingerprint density at radius 3 is 1.96 bits per heavy atom. The van der Waals surface area contributed by atoms with Crippen LogP contribution in [-0.4, -0.2) is 24.2 Å². The highest BCUT2D eigenvalue weighted by molar-refractivity contribution is 7.54. The fourth-order valence-electron chi connectivity index (χ4n) is 2.47. The van der Waals surface area contributed by atoms with E-state index in [9.17, 15) is 9.67 Å². The molecule has 6 heteroatoms. The van der Waals surface area contributed by atoms with Crippen molar-refractivity contribution in [2.24, 2.45) is 0 Å². The van der Waals surface area contributed by atoms with E-state index in [-0.39, 0.29) is 19.8 Å². The van der Waals surface area contributed by atoms with Crippen molar-refractivity contribution in [1.29, 1.82) is 0 Å². The van der Waals surface area contributed by atoms with E-state index < -0.39 is 19.5 Å². The first kappa shape index (κ1) is 19.8. The molecule has 0 bridgehead atoms. The summed E-state index contributed by atoms with van der Waals surface area (Å²) in [4.78, 5) is 0. The number of aliphatic hydroxyl groups is 1. The SMILES string of the molecule is CCOP(=O)(OCC)[C@@H](OCc1ccccc1)[C@H](O)c1ccccc1. The Hall–Kier alpha value is -1.49. The zero-order valence-corrected chi connectivity index (χ0v) is 15.5. The van der Waals surface area contributed by atoms with E-state index in [4.69, 9.17) is 13.8 Å². The van der Waals surface area contributed by atoms with E-state index >= 15 is 0 Å². The van der Waals surface area contributed by atoms with Crippen LogP contribution in [0.4, 0.5) is 0 Å². The maximum absolute atomic E-state index is 13.2. The van der Waals surface area contributed by atoms with Crippen molar-refractivity contribution in [1.82, 2.24) is 0 Å².